The number of rotatable bonds is 7. The normalized spacial score (nSPS) is 18.8. The monoisotopic (exact) mass is 401 g/mol. The number of thiophene rings is 1. The average molecular weight is 402 g/mol. The number of guanidine groups is 1. The molecule has 2 aromatic rings. The summed E-state index contributed by atoms with van der Waals surface area (Å²) in [6, 6.07) is 8.53. The largest absolute Gasteiger partial charge is 0.375 e. The highest BCUT2D eigenvalue weighted by Gasteiger charge is 2.17. The molecule has 0 bridgehead atoms. The van der Waals surface area contributed by atoms with E-state index < -0.39 is 0 Å². The van der Waals surface area contributed by atoms with Crippen molar-refractivity contribution in [1.29, 1.82) is 0 Å². The third-order valence-corrected chi connectivity index (χ3v) is 5.70. The Morgan fingerprint density at radius 2 is 2.29 bits per heavy atom. The molecule has 0 spiro atoms. The van der Waals surface area contributed by atoms with E-state index >= 15 is 0 Å². The highest BCUT2D eigenvalue weighted by Crippen LogP contribution is 2.16. The first kappa shape index (κ1) is 20.6. The molecule has 0 radical (unpaired) electrons. The topological polar surface area (TPSA) is 61.8 Å². The standard InChI is InChI=1S/C21H31N5OS/c1-16(11-19-5-4-10-28-19)12-24-21(22-3)25-14-18-6-7-20(23-13-18)26-8-9-27-17(2)15-26/h4-7,10,13,16-17H,8-9,11-12,14-15H2,1-3H3,(H2,22,24,25). The molecule has 1 aliphatic rings. The van der Waals surface area contributed by atoms with Gasteiger partial charge < -0.3 is 20.3 Å². The highest BCUT2D eigenvalue weighted by atomic mass is 32.1. The number of nitrogens with zero attached hydrogens (tertiary/aromatic N) is 3. The predicted octanol–water partition coefficient (Wildman–Crippen LogP) is 2.91. The van der Waals surface area contributed by atoms with E-state index in [1.54, 1.807) is 7.05 Å². The minimum atomic E-state index is 0.258. The summed E-state index contributed by atoms with van der Waals surface area (Å²) in [7, 11) is 1.81. The van der Waals surface area contributed by atoms with Crippen molar-refractivity contribution in [3.8, 4) is 0 Å². The Kier molecular flexibility index (Phi) is 7.68. The fourth-order valence-corrected chi connectivity index (χ4v) is 4.13. The molecule has 0 saturated carbocycles. The molecule has 0 amide bonds. The number of pyridine rings is 1. The zero-order chi connectivity index (χ0) is 19.8. The van der Waals surface area contributed by atoms with Crippen LogP contribution in [0.4, 0.5) is 5.82 Å². The van der Waals surface area contributed by atoms with Gasteiger partial charge in [0.15, 0.2) is 5.96 Å². The van der Waals surface area contributed by atoms with Crippen LogP contribution in [-0.2, 0) is 17.7 Å². The summed E-state index contributed by atoms with van der Waals surface area (Å²) in [6.07, 6.45) is 3.29. The van der Waals surface area contributed by atoms with Crippen LogP contribution in [-0.4, -0.2) is 50.3 Å². The summed E-state index contributed by atoms with van der Waals surface area (Å²) < 4.78 is 5.60. The molecule has 3 rings (SSSR count). The minimum absolute atomic E-state index is 0.258. The van der Waals surface area contributed by atoms with Gasteiger partial charge in [-0.1, -0.05) is 19.1 Å². The lowest BCUT2D eigenvalue weighted by atomic mass is 10.1. The second-order valence-corrected chi connectivity index (χ2v) is 8.38. The van der Waals surface area contributed by atoms with Crippen molar-refractivity contribution in [2.75, 3.05) is 38.2 Å². The Morgan fingerprint density at radius 3 is 2.96 bits per heavy atom. The van der Waals surface area contributed by atoms with Gasteiger partial charge in [-0.05, 0) is 42.3 Å². The number of hydrogen-bond donors (Lipinski definition) is 2. The number of morpholine rings is 1. The van der Waals surface area contributed by atoms with E-state index in [1.807, 2.05) is 17.5 Å². The summed E-state index contributed by atoms with van der Waals surface area (Å²) in [5, 5.41) is 8.93. The Hall–Kier alpha value is -2.12. The zero-order valence-corrected chi connectivity index (χ0v) is 17.8. The molecule has 2 atom stereocenters. The molecule has 3 heterocycles. The van der Waals surface area contributed by atoms with Crippen molar-refractivity contribution in [2.45, 2.75) is 32.9 Å². The third kappa shape index (κ3) is 6.21. The number of aromatic nitrogens is 1. The Bertz CT molecular complexity index is 732. The quantitative estimate of drug-likeness (QED) is 0.552. The van der Waals surface area contributed by atoms with Crippen LogP contribution in [0.3, 0.4) is 0 Å². The number of anilines is 1. The second kappa shape index (κ2) is 10.4. The fraction of sp³-hybridized carbons (Fsp3) is 0.524. The van der Waals surface area contributed by atoms with Crippen LogP contribution in [0.25, 0.3) is 0 Å². The van der Waals surface area contributed by atoms with E-state index in [0.717, 1.165) is 50.0 Å². The number of nitrogens with one attached hydrogen (secondary N) is 2. The molecule has 0 aromatic carbocycles. The van der Waals surface area contributed by atoms with Crippen LogP contribution < -0.4 is 15.5 Å². The molecule has 0 aliphatic carbocycles. The van der Waals surface area contributed by atoms with Gasteiger partial charge in [0.1, 0.15) is 5.82 Å². The van der Waals surface area contributed by atoms with E-state index in [2.05, 4.69) is 69.0 Å². The van der Waals surface area contributed by atoms with Crippen LogP contribution in [0.5, 0.6) is 0 Å². The van der Waals surface area contributed by atoms with Crippen LogP contribution in [0.1, 0.15) is 24.3 Å². The Balaban J connectivity index is 1.43. The summed E-state index contributed by atoms with van der Waals surface area (Å²) >= 11 is 1.82. The van der Waals surface area contributed by atoms with Gasteiger partial charge in [-0.25, -0.2) is 4.98 Å². The van der Waals surface area contributed by atoms with E-state index in [0.29, 0.717) is 12.5 Å². The molecule has 1 fully saturated rings. The molecule has 7 heteroatoms. The molecule has 1 aliphatic heterocycles. The first-order chi connectivity index (χ1) is 13.6. The smallest absolute Gasteiger partial charge is 0.191 e. The minimum Gasteiger partial charge on any atom is -0.375 e. The summed E-state index contributed by atoms with van der Waals surface area (Å²) in [5.74, 6) is 2.39. The van der Waals surface area contributed by atoms with E-state index in [9.17, 15) is 0 Å². The number of aliphatic imine (C=N–C) groups is 1. The van der Waals surface area contributed by atoms with E-state index in [1.165, 1.54) is 4.88 Å². The van der Waals surface area contributed by atoms with Crippen molar-refractivity contribution in [1.82, 2.24) is 15.6 Å². The van der Waals surface area contributed by atoms with Gasteiger partial charge in [-0.15, -0.1) is 11.3 Å². The van der Waals surface area contributed by atoms with Crippen molar-refractivity contribution in [3.05, 3.63) is 46.3 Å². The van der Waals surface area contributed by atoms with Gasteiger partial charge in [0.25, 0.3) is 0 Å². The van der Waals surface area contributed by atoms with Crippen LogP contribution in [0.2, 0.25) is 0 Å². The second-order valence-electron chi connectivity index (χ2n) is 7.35. The molecule has 6 nitrogen and oxygen atoms in total. The van der Waals surface area contributed by atoms with Crippen LogP contribution >= 0.6 is 11.3 Å². The van der Waals surface area contributed by atoms with Crippen molar-refractivity contribution in [3.63, 3.8) is 0 Å². The maximum absolute atomic E-state index is 5.60. The molecule has 1 saturated heterocycles. The summed E-state index contributed by atoms with van der Waals surface area (Å²) in [6.45, 7) is 8.51. The molecule has 28 heavy (non-hydrogen) atoms. The van der Waals surface area contributed by atoms with Crippen molar-refractivity contribution >= 4 is 23.1 Å². The number of ether oxygens (including phenoxy) is 1. The van der Waals surface area contributed by atoms with Gasteiger partial charge in [-0.3, -0.25) is 4.99 Å². The van der Waals surface area contributed by atoms with Gasteiger partial charge in [0, 0.05) is 44.3 Å². The van der Waals surface area contributed by atoms with E-state index in [-0.39, 0.29) is 6.10 Å². The predicted molar refractivity (Wildman–Crippen MR) is 117 cm³/mol. The highest BCUT2D eigenvalue weighted by molar-refractivity contribution is 7.09. The van der Waals surface area contributed by atoms with Crippen molar-refractivity contribution in [2.24, 2.45) is 10.9 Å². The van der Waals surface area contributed by atoms with Crippen LogP contribution in [0.15, 0.2) is 40.8 Å². The first-order valence-corrected chi connectivity index (χ1v) is 10.8. The molecule has 2 unspecified atom stereocenters. The van der Waals surface area contributed by atoms with Gasteiger partial charge in [0.05, 0.1) is 12.7 Å². The third-order valence-electron chi connectivity index (χ3n) is 4.81. The lowest BCUT2D eigenvalue weighted by molar-refractivity contribution is 0.0529. The lowest BCUT2D eigenvalue weighted by Crippen LogP contribution is -2.41. The zero-order valence-electron chi connectivity index (χ0n) is 17.0. The lowest BCUT2D eigenvalue weighted by Gasteiger charge is -2.32. The van der Waals surface area contributed by atoms with Gasteiger partial charge >= 0.3 is 0 Å². The Morgan fingerprint density at radius 1 is 1.39 bits per heavy atom. The molecular formula is C21H31N5OS. The molecule has 2 aromatic heterocycles. The van der Waals surface area contributed by atoms with Gasteiger partial charge in [0.2, 0.25) is 0 Å². The fourth-order valence-electron chi connectivity index (χ4n) is 3.26. The van der Waals surface area contributed by atoms with Gasteiger partial charge in [-0.2, -0.15) is 0 Å². The maximum atomic E-state index is 5.60. The van der Waals surface area contributed by atoms with Crippen LogP contribution in [0, 0.1) is 5.92 Å². The SMILES string of the molecule is CN=C(NCc1ccc(N2CCOC(C)C2)nc1)NCC(C)Cc1cccs1. The molecular weight excluding hydrogens is 370 g/mol. The number of hydrogen-bond acceptors (Lipinski definition) is 5. The molecule has 152 valence electrons. The van der Waals surface area contributed by atoms with E-state index in [4.69, 9.17) is 4.74 Å². The first-order valence-electron chi connectivity index (χ1n) is 9.92. The maximum Gasteiger partial charge on any atom is 0.191 e. The Labute approximate surface area is 172 Å². The summed E-state index contributed by atoms with van der Waals surface area (Å²) in [4.78, 5) is 12.7. The summed E-state index contributed by atoms with van der Waals surface area (Å²) in [5.41, 5.74) is 1.14. The average Bonchev–Trinajstić information content (AvgIpc) is 3.21. The van der Waals surface area contributed by atoms with Crippen molar-refractivity contribution < 1.29 is 4.74 Å². The molecule has 2 N–H and O–H groups in total.